The number of fused-ring (bicyclic) bond motifs is 1. The van der Waals surface area contributed by atoms with Crippen LogP contribution in [0.15, 0.2) is 29.8 Å². The Balaban J connectivity index is 1.57. The average molecular weight is 384 g/mol. The van der Waals surface area contributed by atoms with Gasteiger partial charge in [-0.25, -0.2) is 4.98 Å². The van der Waals surface area contributed by atoms with E-state index in [2.05, 4.69) is 31.2 Å². The number of aryl methyl sites for hydroxylation is 1. The van der Waals surface area contributed by atoms with Crippen LogP contribution in [-0.2, 0) is 6.54 Å². The number of pyridine rings is 1. The molecule has 0 bridgehead atoms. The molecule has 0 aliphatic carbocycles. The van der Waals surface area contributed by atoms with Gasteiger partial charge in [0.25, 0.3) is 0 Å². The maximum Gasteiger partial charge on any atom is 0.103 e. The lowest BCUT2D eigenvalue weighted by Gasteiger charge is -2.36. The van der Waals surface area contributed by atoms with Gasteiger partial charge in [0.1, 0.15) is 6.07 Å². The third-order valence-corrected chi connectivity index (χ3v) is 5.72. The van der Waals surface area contributed by atoms with Crippen molar-refractivity contribution < 1.29 is 0 Å². The summed E-state index contributed by atoms with van der Waals surface area (Å²) in [6.07, 6.45) is 1.66. The molecular weight excluding hydrogens is 366 g/mol. The minimum Gasteiger partial charge on any atom is -0.367 e. The van der Waals surface area contributed by atoms with Crippen LogP contribution in [0.5, 0.6) is 0 Å². The van der Waals surface area contributed by atoms with Crippen LogP contribution >= 0.6 is 22.9 Å². The first-order valence-corrected chi connectivity index (χ1v) is 9.76. The number of hydrogen-bond donors (Lipinski definition) is 0. The number of halogens is 1. The van der Waals surface area contributed by atoms with Crippen molar-refractivity contribution in [3.8, 4) is 6.07 Å². The first-order chi connectivity index (χ1) is 12.6. The summed E-state index contributed by atoms with van der Waals surface area (Å²) in [4.78, 5) is 13.6. The Bertz CT molecular complexity index is 985. The van der Waals surface area contributed by atoms with Crippen molar-refractivity contribution in [2.24, 2.45) is 0 Å². The van der Waals surface area contributed by atoms with E-state index in [-0.39, 0.29) is 0 Å². The highest BCUT2D eigenvalue weighted by Crippen LogP contribution is 2.32. The van der Waals surface area contributed by atoms with Gasteiger partial charge in [-0.1, -0.05) is 11.6 Å². The maximum absolute atomic E-state index is 9.56. The summed E-state index contributed by atoms with van der Waals surface area (Å²) in [6, 6.07) is 7.94. The number of aromatic nitrogens is 2. The second-order valence-corrected chi connectivity index (χ2v) is 7.91. The maximum atomic E-state index is 9.56. The standard InChI is InChI=1S/C19H18ClN5S/c1-13-23-16(12-26-13)11-24-4-6-25(7-5-24)19-14(9-21)10-22-18-3-2-15(20)8-17(18)19/h2-3,8,10,12H,4-7,11H2,1H3. The molecule has 4 rings (SSSR count). The van der Waals surface area contributed by atoms with E-state index in [1.807, 2.05) is 25.1 Å². The van der Waals surface area contributed by atoms with E-state index in [1.165, 1.54) is 0 Å². The van der Waals surface area contributed by atoms with Gasteiger partial charge in [-0.3, -0.25) is 9.88 Å². The van der Waals surface area contributed by atoms with E-state index in [0.29, 0.717) is 10.6 Å². The van der Waals surface area contributed by atoms with Crippen molar-refractivity contribution in [2.45, 2.75) is 13.5 Å². The Labute approximate surface area is 161 Å². The van der Waals surface area contributed by atoms with E-state index in [0.717, 1.165) is 60.0 Å². The van der Waals surface area contributed by atoms with Gasteiger partial charge < -0.3 is 4.90 Å². The van der Waals surface area contributed by atoms with Crippen LogP contribution in [0.25, 0.3) is 10.9 Å². The monoisotopic (exact) mass is 383 g/mol. The predicted octanol–water partition coefficient (Wildman–Crippen LogP) is 3.85. The first kappa shape index (κ1) is 17.2. The summed E-state index contributed by atoms with van der Waals surface area (Å²) in [5, 5.41) is 14.4. The van der Waals surface area contributed by atoms with Crippen molar-refractivity contribution in [3.63, 3.8) is 0 Å². The fourth-order valence-electron chi connectivity index (χ4n) is 3.41. The van der Waals surface area contributed by atoms with E-state index >= 15 is 0 Å². The van der Waals surface area contributed by atoms with Crippen LogP contribution in [0.4, 0.5) is 5.69 Å². The van der Waals surface area contributed by atoms with Gasteiger partial charge in [-0.2, -0.15) is 5.26 Å². The highest BCUT2D eigenvalue weighted by molar-refractivity contribution is 7.09. The normalized spacial score (nSPS) is 15.3. The molecule has 1 aromatic carbocycles. The number of anilines is 1. The topological polar surface area (TPSA) is 56.1 Å². The molecule has 0 spiro atoms. The number of piperazine rings is 1. The Morgan fingerprint density at radius 1 is 1.27 bits per heavy atom. The molecule has 0 amide bonds. The zero-order valence-electron chi connectivity index (χ0n) is 14.4. The SMILES string of the molecule is Cc1nc(CN2CCN(c3c(C#N)cnc4ccc(Cl)cc34)CC2)cs1. The fourth-order valence-corrected chi connectivity index (χ4v) is 4.19. The number of benzene rings is 1. The molecule has 2 aromatic heterocycles. The fraction of sp³-hybridized carbons (Fsp3) is 0.316. The zero-order chi connectivity index (χ0) is 18.1. The van der Waals surface area contributed by atoms with Gasteiger partial charge in [0, 0.05) is 54.7 Å². The van der Waals surface area contributed by atoms with Crippen LogP contribution in [-0.4, -0.2) is 41.0 Å². The lowest BCUT2D eigenvalue weighted by atomic mass is 10.1. The molecule has 0 atom stereocenters. The Kier molecular flexibility index (Phi) is 4.77. The van der Waals surface area contributed by atoms with E-state index in [1.54, 1.807) is 17.5 Å². The second-order valence-electron chi connectivity index (χ2n) is 6.41. The van der Waals surface area contributed by atoms with Crippen molar-refractivity contribution in [2.75, 3.05) is 31.1 Å². The van der Waals surface area contributed by atoms with E-state index in [4.69, 9.17) is 11.6 Å². The minimum atomic E-state index is 0.600. The molecule has 3 aromatic rings. The molecule has 1 saturated heterocycles. The zero-order valence-corrected chi connectivity index (χ0v) is 16.0. The van der Waals surface area contributed by atoms with Crippen LogP contribution in [0.1, 0.15) is 16.3 Å². The Morgan fingerprint density at radius 3 is 2.77 bits per heavy atom. The summed E-state index contributed by atoms with van der Waals surface area (Å²) >= 11 is 7.89. The minimum absolute atomic E-state index is 0.600. The lowest BCUT2D eigenvalue weighted by Crippen LogP contribution is -2.46. The molecular formula is C19H18ClN5S. The number of hydrogen-bond acceptors (Lipinski definition) is 6. The number of nitriles is 1. The summed E-state index contributed by atoms with van der Waals surface area (Å²) in [6.45, 7) is 6.52. The molecule has 0 saturated carbocycles. The predicted molar refractivity (Wildman–Crippen MR) is 106 cm³/mol. The van der Waals surface area contributed by atoms with E-state index in [9.17, 15) is 5.26 Å². The van der Waals surface area contributed by atoms with Gasteiger partial charge in [0.2, 0.25) is 0 Å². The number of thiazole rings is 1. The van der Waals surface area contributed by atoms with Crippen molar-refractivity contribution >= 4 is 39.5 Å². The molecule has 0 radical (unpaired) electrons. The number of nitrogens with zero attached hydrogens (tertiary/aromatic N) is 5. The smallest absolute Gasteiger partial charge is 0.103 e. The summed E-state index contributed by atoms with van der Waals surface area (Å²) in [7, 11) is 0. The highest BCUT2D eigenvalue weighted by atomic mass is 35.5. The summed E-state index contributed by atoms with van der Waals surface area (Å²) in [5.41, 5.74) is 3.55. The molecule has 1 aliphatic heterocycles. The molecule has 1 aliphatic rings. The van der Waals surface area contributed by atoms with Gasteiger partial charge in [0.05, 0.1) is 27.5 Å². The lowest BCUT2D eigenvalue weighted by molar-refractivity contribution is 0.247. The van der Waals surface area contributed by atoms with Crippen LogP contribution < -0.4 is 4.90 Å². The molecule has 1 fully saturated rings. The molecule has 7 heteroatoms. The Hall–Kier alpha value is -2.20. The molecule has 132 valence electrons. The second kappa shape index (κ2) is 7.20. The van der Waals surface area contributed by atoms with Gasteiger partial charge in [-0.05, 0) is 25.1 Å². The largest absolute Gasteiger partial charge is 0.367 e. The summed E-state index contributed by atoms with van der Waals surface area (Å²) in [5.74, 6) is 0. The molecule has 0 unspecified atom stereocenters. The van der Waals surface area contributed by atoms with Gasteiger partial charge >= 0.3 is 0 Å². The van der Waals surface area contributed by atoms with Crippen molar-refractivity contribution in [1.82, 2.24) is 14.9 Å². The third-order valence-electron chi connectivity index (χ3n) is 4.66. The molecule has 5 nitrogen and oxygen atoms in total. The van der Waals surface area contributed by atoms with Crippen LogP contribution in [0, 0.1) is 18.3 Å². The molecule has 0 N–H and O–H groups in total. The molecule has 26 heavy (non-hydrogen) atoms. The first-order valence-electron chi connectivity index (χ1n) is 8.51. The Morgan fingerprint density at radius 2 is 2.08 bits per heavy atom. The van der Waals surface area contributed by atoms with Gasteiger partial charge in [-0.15, -0.1) is 11.3 Å². The van der Waals surface area contributed by atoms with Crippen molar-refractivity contribution in [3.05, 3.63) is 51.1 Å². The average Bonchev–Trinajstić information content (AvgIpc) is 3.06. The quantitative estimate of drug-likeness (QED) is 0.687. The highest BCUT2D eigenvalue weighted by Gasteiger charge is 2.22. The van der Waals surface area contributed by atoms with E-state index < -0.39 is 0 Å². The summed E-state index contributed by atoms with van der Waals surface area (Å²) < 4.78 is 0. The third kappa shape index (κ3) is 3.38. The van der Waals surface area contributed by atoms with Crippen LogP contribution in [0.3, 0.4) is 0 Å². The number of rotatable bonds is 3. The van der Waals surface area contributed by atoms with Gasteiger partial charge in [0.15, 0.2) is 0 Å². The molecule has 3 heterocycles. The van der Waals surface area contributed by atoms with Crippen molar-refractivity contribution in [1.29, 1.82) is 5.26 Å². The van der Waals surface area contributed by atoms with Crippen LogP contribution in [0.2, 0.25) is 5.02 Å².